The molecule has 0 aromatic heterocycles. The van der Waals surface area contributed by atoms with Gasteiger partial charge in [-0.25, -0.2) is 0 Å². The predicted octanol–water partition coefficient (Wildman–Crippen LogP) is 4.63. The van der Waals surface area contributed by atoms with Gasteiger partial charge in [-0.1, -0.05) is 27.5 Å². The molecule has 7 heteroatoms. The van der Waals surface area contributed by atoms with Crippen LogP contribution in [-0.2, 0) is 6.54 Å². The summed E-state index contributed by atoms with van der Waals surface area (Å²) in [6, 6.07) is 9.98. The van der Waals surface area contributed by atoms with Crippen molar-refractivity contribution in [2.75, 3.05) is 12.4 Å². The van der Waals surface area contributed by atoms with Gasteiger partial charge in [-0.15, -0.1) is 0 Å². The normalized spacial score (nSPS) is 10.2. The van der Waals surface area contributed by atoms with Crippen LogP contribution in [0.2, 0.25) is 5.02 Å². The quantitative estimate of drug-likeness (QED) is 0.614. The molecule has 0 aliphatic heterocycles. The third kappa shape index (κ3) is 3.86. The van der Waals surface area contributed by atoms with Gasteiger partial charge < -0.3 is 10.1 Å². The first-order valence-electron chi connectivity index (χ1n) is 6.01. The Bertz CT molecular complexity index is 679. The number of anilines is 1. The van der Waals surface area contributed by atoms with E-state index < -0.39 is 4.92 Å². The van der Waals surface area contributed by atoms with Crippen molar-refractivity contribution in [3.05, 3.63) is 61.6 Å². The SMILES string of the molecule is COc1ccc(Br)c(CNc2ccc([N+](=O)[O-])cc2Cl)c1. The summed E-state index contributed by atoms with van der Waals surface area (Å²) in [7, 11) is 1.60. The van der Waals surface area contributed by atoms with E-state index in [1.165, 1.54) is 12.1 Å². The Hall–Kier alpha value is -1.79. The lowest BCUT2D eigenvalue weighted by atomic mass is 10.2. The molecule has 0 amide bonds. The molecule has 0 fully saturated rings. The minimum Gasteiger partial charge on any atom is -0.497 e. The molecule has 0 spiro atoms. The van der Waals surface area contributed by atoms with Gasteiger partial charge in [0.05, 0.1) is 22.7 Å². The number of hydrogen-bond acceptors (Lipinski definition) is 4. The number of non-ortho nitro benzene ring substituents is 1. The van der Waals surface area contributed by atoms with E-state index in [-0.39, 0.29) is 5.69 Å². The number of ether oxygens (including phenoxy) is 1. The molecule has 1 N–H and O–H groups in total. The maximum absolute atomic E-state index is 10.7. The summed E-state index contributed by atoms with van der Waals surface area (Å²) in [4.78, 5) is 10.2. The lowest BCUT2D eigenvalue weighted by Crippen LogP contribution is -2.01. The van der Waals surface area contributed by atoms with Crippen molar-refractivity contribution in [3.63, 3.8) is 0 Å². The molecule has 0 saturated carbocycles. The van der Waals surface area contributed by atoms with Gasteiger partial charge in [-0.05, 0) is 29.8 Å². The zero-order valence-corrected chi connectivity index (χ0v) is 13.4. The molecular formula is C14H12BrClN2O3. The van der Waals surface area contributed by atoms with Gasteiger partial charge in [-0.2, -0.15) is 0 Å². The molecule has 0 atom stereocenters. The number of nitrogens with one attached hydrogen (secondary N) is 1. The summed E-state index contributed by atoms with van der Waals surface area (Å²) in [5.74, 6) is 0.754. The van der Waals surface area contributed by atoms with E-state index in [1.54, 1.807) is 13.2 Å². The van der Waals surface area contributed by atoms with Crippen LogP contribution in [0.25, 0.3) is 0 Å². The van der Waals surface area contributed by atoms with Crippen LogP contribution in [-0.4, -0.2) is 12.0 Å². The number of hydrogen-bond donors (Lipinski definition) is 1. The number of nitrogens with zero attached hydrogens (tertiary/aromatic N) is 1. The standard InChI is InChI=1S/C14H12BrClN2O3/c1-21-11-3-4-12(15)9(6-11)8-17-14-5-2-10(18(19)20)7-13(14)16/h2-7,17H,8H2,1H3. The zero-order valence-electron chi connectivity index (χ0n) is 11.1. The fourth-order valence-corrected chi connectivity index (χ4v) is 2.39. The second kappa shape index (κ2) is 6.78. The highest BCUT2D eigenvalue weighted by Gasteiger charge is 2.10. The lowest BCUT2D eigenvalue weighted by Gasteiger charge is -2.11. The topological polar surface area (TPSA) is 64.4 Å². The molecule has 0 unspecified atom stereocenters. The van der Waals surface area contributed by atoms with Gasteiger partial charge in [0.25, 0.3) is 5.69 Å². The van der Waals surface area contributed by atoms with Crippen molar-refractivity contribution in [2.45, 2.75) is 6.54 Å². The molecular weight excluding hydrogens is 360 g/mol. The fraction of sp³-hybridized carbons (Fsp3) is 0.143. The molecule has 0 radical (unpaired) electrons. The van der Waals surface area contributed by atoms with E-state index >= 15 is 0 Å². The average molecular weight is 372 g/mol. The number of benzene rings is 2. The maximum atomic E-state index is 10.7. The highest BCUT2D eigenvalue weighted by atomic mass is 79.9. The average Bonchev–Trinajstić information content (AvgIpc) is 2.47. The highest BCUT2D eigenvalue weighted by Crippen LogP contribution is 2.28. The van der Waals surface area contributed by atoms with Crippen molar-refractivity contribution in [3.8, 4) is 5.75 Å². The molecule has 5 nitrogen and oxygen atoms in total. The molecule has 110 valence electrons. The van der Waals surface area contributed by atoms with Crippen LogP contribution in [0.1, 0.15) is 5.56 Å². The summed E-state index contributed by atoms with van der Waals surface area (Å²) in [6.07, 6.45) is 0. The van der Waals surface area contributed by atoms with Crippen LogP contribution in [0.5, 0.6) is 5.75 Å². The third-order valence-corrected chi connectivity index (χ3v) is 3.97. The van der Waals surface area contributed by atoms with Gasteiger partial charge >= 0.3 is 0 Å². The smallest absolute Gasteiger partial charge is 0.271 e. The first kappa shape index (κ1) is 15.6. The van der Waals surface area contributed by atoms with Crippen LogP contribution >= 0.6 is 27.5 Å². The maximum Gasteiger partial charge on any atom is 0.271 e. The zero-order chi connectivity index (χ0) is 15.4. The molecule has 2 rings (SSSR count). The van der Waals surface area contributed by atoms with Crippen molar-refractivity contribution >= 4 is 38.9 Å². The van der Waals surface area contributed by atoms with E-state index in [4.69, 9.17) is 16.3 Å². The van der Waals surface area contributed by atoms with Gasteiger partial charge in [-0.3, -0.25) is 10.1 Å². The molecule has 2 aromatic carbocycles. The number of nitro groups is 1. The van der Waals surface area contributed by atoms with Crippen LogP contribution < -0.4 is 10.1 Å². The van der Waals surface area contributed by atoms with Crippen LogP contribution in [0.3, 0.4) is 0 Å². The van der Waals surface area contributed by atoms with E-state index in [0.717, 1.165) is 15.8 Å². The van der Waals surface area contributed by atoms with E-state index in [9.17, 15) is 10.1 Å². The van der Waals surface area contributed by atoms with E-state index in [0.29, 0.717) is 17.3 Å². The molecule has 0 aliphatic carbocycles. The largest absolute Gasteiger partial charge is 0.497 e. The Morgan fingerprint density at radius 3 is 2.71 bits per heavy atom. The van der Waals surface area contributed by atoms with E-state index in [1.807, 2.05) is 18.2 Å². The first-order chi connectivity index (χ1) is 10.0. The minimum atomic E-state index is -0.478. The Balaban J connectivity index is 2.15. The number of halogens is 2. The van der Waals surface area contributed by atoms with Gasteiger partial charge in [0, 0.05) is 23.2 Å². The second-order valence-electron chi connectivity index (χ2n) is 4.23. The van der Waals surface area contributed by atoms with Crippen molar-refractivity contribution in [1.82, 2.24) is 0 Å². The minimum absolute atomic E-state index is 0.0342. The summed E-state index contributed by atoms with van der Waals surface area (Å²) in [6.45, 7) is 0.509. The molecule has 0 saturated heterocycles. The van der Waals surface area contributed by atoms with Gasteiger partial charge in [0.2, 0.25) is 0 Å². The Morgan fingerprint density at radius 2 is 2.10 bits per heavy atom. The first-order valence-corrected chi connectivity index (χ1v) is 7.18. The summed E-state index contributed by atoms with van der Waals surface area (Å²) >= 11 is 9.50. The summed E-state index contributed by atoms with van der Waals surface area (Å²) < 4.78 is 6.12. The number of methoxy groups -OCH3 is 1. The van der Waals surface area contributed by atoms with E-state index in [2.05, 4.69) is 21.2 Å². The Labute approximate surface area is 135 Å². The predicted molar refractivity (Wildman–Crippen MR) is 86.1 cm³/mol. The fourth-order valence-electron chi connectivity index (χ4n) is 1.76. The van der Waals surface area contributed by atoms with Gasteiger partial charge in [0.1, 0.15) is 5.75 Å². The summed E-state index contributed by atoms with van der Waals surface area (Å²) in [5, 5.41) is 14.1. The van der Waals surface area contributed by atoms with Crippen molar-refractivity contribution in [1.29, 1.82) is 0 Å². The van der Waals surface area contributed by atoms with Crippen LogP contribution in [0, 0.1) is 10.1 Å². The number of rotatable bonds is 5. The van der Waals surface area contributed by atoms with Crippen LogP contribution in [0.15, 0.2) is 40.9 Å². The molecule has 0 heterocycles. The second-order valence-corrected chi connectivity index (χ2v) is 5.49. The van der Waals surface area contributed by atoms with Gasteiger partial charge in [0.15, 0.2) is 0 Å². The van der Waals surface area contributed by atoms with Crippen LogP contribution in [0.4, 0.5) is 11.4 Å². The highest BCUT2D eigenvalue weighted by molar-refractivity contribution is 9.10. The molecule has 0 aliphatic rings. The number of nitro benzene ring substituents is 1. The molecule has 21 heavy (non-hydrogen) atoms. The summed E-state index contributed by atoms with van der Waals surface area (Å²) in [5.41, 5.74) is 1.59. The Morgan fingerprint density at radius 1 is 1.33 bits per heavy atom. The lowest BCUT2D eigenvalue weighted by molar-refractivity contribution is -0.384. The van der Waals surface area contributed by atoms with Crippen molar-refractivity contribution in [2.24, 2.45) is 0 Å². The molecule has 2 aromatic rings. The third-order valence-electron chi connectivity index (χ3n) is 2.89. The monoisotopic (exact) mass is 370 g/mol. The van der Waals surface area contributed by atoms with Crippen molar-refractivity contribution < 1.29 is 9.66 Å². The molecule has 0 bridgehead atoms. The Kier molecular flexibility index (Phi) is 5.03.